The van der Waals surface area contributed by atoms with E-state index in [1.54, 1.807) is 0 Å². The molecule has 2 heterocycles. The fraction of sp³-hybridized carbons (Fsp3) is 0.158. The van der Waals surface area contributed by atoms with Crippen molar-refractivity contribution in [2.45, 2.75) is 20.8 Å². The molecule has 0 saturated heterocycles. The van der Waals surface area contributed by atoms with Gasteiger partial charge in [-0.25, -0.2) is 0 Å². The van der Waals surface area contributed by atoms with E-state index in [4.69, 9.17) is 7.85 Å². The Hall–Kier alpha value is -2.42. The molecule has 0 unspecified atom stereocenters. The van der Waals surface area contributed by atoms with Crippen molar-refractivity contribution < 1.29 is 0 Å². The second-order valence-corrected chi connectivity index (χ2v) is 6.11. The zero-order chi connectivity index (χ0) is 15.4. The summed E-state index contributed by atoms with van der Waals surface area (Å²) >= 11 is 0. The summed E-state index contributed by atoms with van der Waals surface area (Å²) in [6, 6.07) is 10.4. The van der Waals surface area contributed by atoms with Crippen LogP contribution in [-0.4, -0.2) is 17.4 Å². The number of nitrogens with one attached hydrogen (secondary N) is 1. The number of nitrogens with zero attached hydrogens (tertiary/aromatic N) is 1. The van der Waals surface area contributed by atoms with Gasteiger partial charge in [0.1, 0.15) is 7.85 Å². The van der Waals surface area contributed by atoms with Gasteiger partial charge in [0.2, 0.25) is 0 Å². The molecule has 0 aliphatic carbocycles. The Balaban J connectivity index is 2.15. The number of aryl methyl sites for hydroxylation is 3. The van der Waals surface area contributed by atoms with Crippen LogP contribution in [0.4, 0.5) is 0 Å². The van der Waals surface area contributed by atoms with Crippen molar-refractivity contribution >= 4 is 35.1 Å². The van der Waals surface area contributed by atoms with Crippen LogP contribution in [0.3, 0.4) is 0 Å². The Bertz CT molecular complexity index is 1020. The first-order valence-electron chi connectivity index (χ1n) is 7.50. The van der Waals surface area contributed by atoms with Crippen molar-refractivity contribution in [1.82, 2.24) is 9.55 Å². The van der Waals surface area contributed by atoms with Gasteiger partial charge in [0.25, 0.3) is 0 Å². The maximum Gasteiger partial charge on any atom is 0.113 e. The van der Waals surface area contributed by atoms with E-state index in [0.717, 1.165) is 11.0 Å². The molecule has 1 N–H and O–H groups in total. The summed E-state index contributed by atoms with van der Waals surface area (Å²) < 4.78 is 2.20. The van der Waals surface area contributed by atoms with E-state index < -0.39 is 0 Å². The monoisotopic (exact) mass is 284 g/mol. The van der Waals surface area contributed by atoms with E-state index in [1.165, 1.54) is 38.7 Å². The quantitative estimate of drug-likeness (QED) is 0.513. The lowest BCUT2D eigenvalue weighted by molar-refractivity contribution is 1.06. The lowest BCUT2D eigenvalue weighted by Gasteiger charge is -2.11. The third-order valence-electron chi connectivity index (χ3n) is 4.45. The number of fused-ring (bicyclic) bond motifs is 3. The fourth-order valence-electron chi connectivity index (χ4n) is 3.33. The first kappa shape index (κ1) is 13.3. The first-order valence-corrected chi connectivity index (χ1v) is 7.50. The molecule has 0 aliphatic rings. The van der Waals surface area contributed by atoms with Crippen LogP contribution in [0.25, 0.3) is 27.5 Å². The van der Waals surface area contributed by atoms with Crippen LogP contribution < -0.4 is 5.46 Å². The van der Waals surface area contributed by atoms with E-state index >= 15 is 0 Å². The zero-order valence-electron chi connectivity index (χ0n) is 13.1. The molecule has 4 rings (SSSR count). The van der Waals surface area contributed by atoms with Gasteiger partial charge in [-0.2, -0.15) is 0 Å². The molecular weight excluding hydrogens is 267 g/mol. The number of benzene rings is 2. The fourth-order valence-corrected chi connectivity index (χ4v) is 3.33. The number of aromatic nitrogens is 2. The number of H-pyrrole nitrogens is 1. The van der Waals surface area contributed by atoms with E-state index in [0.29, 0.717) is 0 Å². The van der Waals surface area contributed by atoms with E-state index in [9.17, 15) is 0 Å². The minimum absolute atomic E-state index is 0.799. The summed E-state index contributed by atoms with van der Waals surface area (Å²) in [4.78, 5) is 3.53. The molecule has 0 aliphatic heterocycles. The van der Waals surface area contributed by atoms with Gasteiger partial charge in [0.15, 0.2) is 0 Å². The highest BCUT2D eigenvalue weighted by atomic mass is 14.9. The van der Waals surface area contributed by atoms with Crippen LogP contribution in [0.5, 0.6) is 0 Å². The van der Waals surface area contributed by atoms with Crippen molar-refractivity contribution in [3.63, 3.8) is 0 Å². The highest BCUT2D eigenvalue weighted by Crippen LogP contribution is 2.33. The maximum absolute atomic E-state index is 6.00. The molecule has 0 spiro atoms. The summed E-state index contributed by atoms with van der Waals surface area (Å²) in [7, 11) is 6.00. The third-order valence-corrected chi connectivity index (χ3v) is 4.45. The van der Waals surface area contributed by atoms with Gasteiger partial charge in [0, 0.05) is 39.9 Å². The molecule has 106 valence electrons. The van der Waals surface area contributed by atoms with Crippen LogP contribution in [0.15, 0.2) is 42.7 Å². The third kappa shape index (κ3) is 1.82. The molecule has 0 saturated carbocycles. The van der Waals surface area contributed by atoms with Gasteiger partial charge in [-0.3, -0.25) is 0 Å². The highest BCUT2D eigenvalue weighted by Gasteiger charge is 2.13. The van der Waals surface area contributed by atoms with Crippen molar-refractivity contribution in [2.24, 2.45) is 0 Å². The van der Waals surface area contributed by atoms with Gasteiger partial charge in [-0.1, -0.05) is 17.6 Å². The molecule has 3 heteroatoms. The van der Waals surface area contributed by atoms with E-state index in [-0.39, 0.29) is 0 Å². The molecule has 4 aromatic rings. The largest absolute Gasteiger partial charge is 0.354 e. The predicted molar refractivity (Wildman–Crippen MR) is 94.7 cm³/mol. The number of hydrogen-bond donors (Lipinski definition) is 1. The summed E-state index contributed by atoms with van der Waals surface area (Å²) in [5, 5.41) is 2.46. The lowest BCUT2D eigenvalue weighted by atomic mass is 9.93. The first-order chi connectivity index (χ1) is 10.5. The molecule has 2 aromatic carbocycles. The lowest BCUT2D eigenvalue weighted by Crippen LogP contribution is -1.99. The van der Waals surface area contributed by atoms with Crippen molar-refractivity contribution in [2.75, 3.05) is 0 Å². The molecular formula is C19H17BN2. The summed E-state index contributed by atoms with van der Waals surface area (Å²) in [5.74, 6) is 0. The van der Waals surface area contributed by atoms with Gasteiger partial charge < -0.3 is 9.55 Å². The standard InChI is InChI=1S/C19H17BN2/c1-11-6-7-22(10-11)17-8-12(2)19-18(13(17)3)15-9-14(20)4-5-16(15)21-19/h4-10,21H,1-3H3. The number of aromatic amines is 1. The van der Waals surface area contributed by atoms with Crippen molar-refractivity contribution in [3.05, 3.63) is 59.4 Å². The zero-order valence-corrected chi connectivity index (χ0v) is 13.1. The molecule has 22 heavy (non-hydrogen) atoms. The second kappa shape index (κ2) is 4.54. The molecule has 2 radical (unpaired) electrons. The smallest absolute Gasteiger partial charge is 0.113 e. The number of rotatable bonds is 1. The number of hydrogen-bond acceptors (Lipinski definition) is 0. The van der Waals surface area contributed by atoms with Crippen LogP contribution in [0.1, 0.15) is 16.7 Å². The molecule has 0 bridgehead atoms. The topological polar surface area (TPSA) is 20.7 Å². The second-order valence-electron chi connectivity index (χ2n) is 6.11. The molecule has 0 amide bonds. The highest BCUT2D eigenvalue weighted by molar-refractivity contribution is 6.34. The minimum Gasteiger partial charge on any atom is -0.354 e. The van der Waals surface area contributed by atoms with Crippen molar-refractivity contribution in [3.8, 4) is 5.69 Å². The van der Waals surface area contributed by atoms with Gasteiger partial charge in [-0.05, 0) is 55.7 Å². The molecule has 0 fully saturated rings. The Kier molecular flexibility index (Phi) is 2.74. The van der Waals surface area contributed by atoms with E-state index in [1.807, 2.05) is 6.07 Å². The maximum atomic E-state index is 6.00. The normalized spacial score (nSPS) is 11.6. The van der Waals surface area contributed by atoms with Crippen LogP contribution in [0.2, 0.25) is 0 Å². The van der Waals surface area contributed by atoms with Crippen LogP contribution in [0, 0.1) is 20.8 Å². The minimum atomic E-state index is 0.799. The molecule has 0 atom stereocenters. The van der Waals surface area contributed by atoms with Crippen LogP contribution in [-0.2, 0) is 0 Å². The average Bonchev–Trinajstić information content (AvgIpc) is 3.06. The summed E-state index contributed by atoms with van der Waals surface area (Å²) in [6.07, 6.45) is 4.28. The SMILES string of the molecule is [B]c1ccc2[nH]c3c(C)cc(-n4ccc(C)c4)c(C)c3c2c1. The Morgan fingerprint density at radius 3 is 2.59 bits per heavy atom. The van der Waals surface area contributed by atoms with Gasteiger partial charge in [0.05, 0.1) is 0 Å². The average molecular weight is 284 g/mol. The summed E-state index contributed by atoms with van der Waals surface area (Å²) in [6.45, 7) is 6.45. The Morgan fingerprint density at radius 1 is 1.05 bits per heavy atom. The predicted octanol–water partition coefficient (Wildman–Crippen LogP) is 3.83. The Labute approximate surface area is 131 Å². The van der Waals surface area contributed by atoms with Gasteiger partial charge >= 0.3 is 0 Å². The molecule has 2 nitrogen and oxygen atoms in total. The molecule has 2 aromatic heterocycles. The van der Waals surface area contributed by atoms with Crippen molar-refractivity contribution in [1.29, 1.82) is 0 Å². The summed E-state index contributed by atoms with van der Waals surface area (Å²) in [5.41, 5.74) is 8.14. The van der Waals surface area contributed by atoms with Gasteiger partial charge in [-0.15, -0.1) is 0 Å². The van der Waals surface area contributed by atoms with Crippen LogP contribution >= 0.6 is 0 Å². The Morgan fingerprint density at radius 2 is 1.86 bits per heavy atom. The van der Waals surface area contributed by atoms with E-state index in [2.05, 4.69) is 67.0 Å².